The molecule has 3 fully saturated rings. The fourth-order valence-corrected chi connectivity index (χ4v) is 5.47. The Morgan fingerprint density at radius 1 is 1.30 bits per heavy atom. The monoisotopic (exact) mass is 485 g/mol. The first-order valence-corrected chi connectivity index (χ1v) is 9.99. The van der Waals surface area contributed by atoms with E-state index in [1.807, 2.05) is 19.2 Å². The molecule has 1 heterocycles. The number of ether oxygens (including phenoxy) is 2. The summed E-state index contributed by atoms with van der Waals surface area (Å²) in [7, 11) is 3.59. The summed E-state index contributed by atoms with van der Waals surface area (Å²) < 4.78 is 11.5. The van der Waals surface area contributed by atoms with Crippen molar-refractivity contribution < 1.29 is 9.47 Å². The van der Waals surface area contributed by atoms with Gasteiger partial charge in [0.25, 0.3) is 0 Å². The topological polar surface area (TPSA) is 54.9 Å². The van der Waals surface area contributed by atoms with Gasteiger partial charge in [0.05, 0.1) is 13.2 Å². The number of methoxy groups -OCH3 is 1. The van der Waals surface area contributed by atoms with Crippen molar-refractivity contribution in [1.29, 1.82) is 0 Å². The van der Waals surface area contributed by atoms with Gasteiger partial charge in [0, 0.05) is 37.6 Å². The lowest BCUT2D eigenvalue weighted by Crippen LogP contribution is -2.69. The lowest BCUT2D eigenvalue weighted by atomic mass is 9.54. The maximum absolute atomic E-state index is 6.09. The fraction of sp³-hybridized carbons (Fsp3) is 0.667. The van der Waals surface area contributed by atoms with Crippen LogP contribution in [0.3, 0.4) is 0 Å². The quantitative estimate of drug-likeness (QED) is 0.382. The number of hydrogen-bond acceptors (Lipinski definition) is 3. The molecular formula is C21H32IN3O2. The number of fused-ring (bicyclic) bond motifs is 2. The normalized spacial score (nSPS) is 28.2. The zero-order chi connectivity index (χ0) is 18.0. The number of nitrogens with one attached hydrogen (secondary N) is 2. The minimum absolute atomic E-state index is 0. The minimum atomic E-state index is 0. The highest BCUT2D eigenvalue weighted by Crippen LogP contribution is 2.60. The molecule has 1 aromatic carbocycles. The van der Waals surface area contributed by atoms with Crippen LogP contribution in [0.2, 0.25) is 0 Å². The number of aliphatic imine (C=N–C) groups is 1. The van der Waals surface area contributed by atoms with Crippen LogP contribution in [-0.2, 0) is 11.2 Å². The van der Waals surface area contributed by atoms with E-state index < -0.39 is 0 Å². The highest BCUT2D eigenvalue weighted by Gasteiger charge is 2.65. The lowest BCUT2D eigenvalue weighted by molar-refractivity contribution is -0.125. The van der Waals surface area contributed by atoms with Crippen LogP contribution < -0.4 is 15.4 Å². The standard InChI is InChI=1S/C21H31N3O2.HI/c1-22-20(23-13-9-15-7-3-4-8-17(15)25-2)24-18-16-10-14-26-19(16)21(18)11-5-6-12-21;/h3-4,7-8,16,18-19H,5-6,9-14H2,1-2H3,(H2,22,23,24);1H. The number of rotatable bonds is 5. The summed E-state index contributed by atoms with van der Waals surface area (Å²) in [4.78, 5) is 4.47. The SMILES string of the molecule is CN=C(NCCc1ccccc1OC)NC1C2CCOC2C12CCCC2.I. The molecular weight excluding hydrogens is 453 g/mol. The molecule has 2 N–H and O–H groups in total. The fourth-order valence-electron chi connectivity index (χ4n) is 5.47. The first-order chi connectivity index (χ1) is 12.8. The van der Waals surface area contributed by atoms with Crippen LogP contribution in [0, 0.1) is 11.3 Å². The van der Waals surface area contributed by atoms with Gasteiger partial charge in [-0.2, -0.15) is 0 Å². The van der Waals surface area contributed by atoms with E-state index in [2.05, 4.69) is 27.8 Å². The lowest BCUT2D eigenvalue weighted by Gasteiger charge is -2.57. The van der Waals surface area contributed by atoms with Gasteiger partial charge >= 0.3 is 0 Å². The van der Waals surface area contributed by atoms with Crippen molar-refractivity contribution in [2.45, 2.75) is 50.7 Å². The third-order valence-electron chi connectivity index (χ3n) is 6.68. The molecule has 1 saturated heterocycles. The predicted molar refractivity (Wildman–Crippen MR) is 119 cm³/mol. The molecule has 27 heavy (non-hydrogen) atoms. The molecule has 3 unspecified atom stereocenters. The van der Waals surface area contributed by atoms with Gasteiger partial charge in [-0.25, -0.2) is 0 Å². The van der Waals surface area contributed by atoms with E-state index in [0.29, 0.717) is 23.5 Å². The first kappa shape index (κ1) is 20.7. The average Bonchev–Trinajstić information content (AvgIpc) is 3.33. The Bertz CT molecular complexity index is 661. The summed E-state index contributed by atoms with van der Waals surface area (Å²) in [6, 6.07) is 8.71. The zero-order valence-corrected chi connectivity index (χ0v) is 18.7. The minimum Gasteiger partial charge on any atom is -0.496 e. The third-order valence-corrected chi connectivity index (χ3v) is 6.68. The van der Waals surface area contributed by atoms with Gasteiger partial charge < -0.3 is 20.1 Å². The van der Waals surface area contributed by atoms with Crippen LogP contribution in [0.5, 0.6) is 5.75 Å². The van der Waals surface area contributed by atoms with Gasteiger partial charge in [-0.05, 0) is 37.3 Å². The van der Waals surface area contributed by atoms with Crippen LogP contribution in [0.1, 0.15) is 37.7 Å². The van der Waals surface area contributed by atoms with Crippen LogP contribution >= 0.6 is 24.0 Å². The Morgan fingerprint density at radius 2 is 2.07 bits per heavy atom. The smallest absolute Gasteiger partial charge is 0.191 e. The van der Waals surface area contributed by atoms with Crippen molar-refractivity contribution in [3.63, 3.8) is 0 Å². The van der Waals surface area contributed by atoms with Crippen LogP contribution in [0.25, 0.3) is 0 Å². The maximum Gasteiger partial charge on any atom is 0.191 e. The molecule has 3 aliphatic rings. The summed E-state index contributed by atoms with van der Waals surface area (Å²) in [6.07, 6.45) is 7.84. The van der Waals surface area contributed by atoms with Gasteiger partial charge in [0.2, 0.25) is 0 Å². The Balaban J connectivity index is 0.00000210. The highest BCUT2D eigenvalue weighted by molar-refractivity contribution is 14.0. The molecule has 3 atom stereocenters. The second-order valence-corrected chi connectivity index (χ2v) is 7.87. The Kier molecular flexibility index (Phi) is 6.89. The van der Waals surface area contributed by atoms with E-state index in [9.17, 15) is 0 Å². The van der Waals surface area contributed by atoms with Gasteiger partial charge in [-0.15, -0.1) is 24.0 Å². The summed E-state index contributed by atoms with van der Waals surface area (Å²) in [6.45, 7) is 1.76. The average molecular weight is 485 g/mol. The Hall–Kier alpha value is -1.02. The van der Waals surface area contributed by atoms with E-state index in [1.54, 1.807) is 7.11 Å². The number of guanidine groups is 1. The zero-order valence-electron chi connectivity index (χ0n) is 16.4. The largest absolute Gasteiger partial charge is 0.496 e. The number of hydrogen-bond donors (Lipinski definition) is 2. The summed E-state index contributed by atoms with van der Waals surface area (Å²) >= 11 is 0. The van der Waals surface area contributed by atoms with Crippen molar-refractivity contribution in [2.24, 2.45) is 16.3 Å². The number of nitrogens with zero attached hydrogens (tertiary/aromatic N) is 1. The van der Waals surface area contributed by atoms with E-state index in [4.69, 9.17) is 9.47 Å². The molecule has 5 nitrogen and oxygen atoms in total. The van der Waals surface area contributed by atoms with Crippen LogP contribution in [0.4, 0.5) is 0 Å². The molecule has 2 aliphatic carbocycles. The molecule has 1 aromatic rings. The molecule has 0 bridgehead atoms. The molecule has 0 aromatic heterocycles. The Labute approximate surface area is 179 Å². The van der Waals surface area contributed by atoms with Crippen molar-refractivity contribution in [3.05, 3.63) is 29.8 Å². The van der Waals surface area contributed by atoms with Gasteiger partial charge in [-0.1, -0.05) is 31.0 Å². The molecule has 6 heteroatoms. The molecule has 4 rings (SSSR count). The predicted octanol–water partition coefficient (Wildman–Crippen LogP) is 3.37. The van der Waals surface area contributed by atoms with Crippen LogP contribution in [-0.4, -0.2) is 45.4 Å². The summed E-state index contributed by atoms with van der Waals surface area (Å²) in [5, 5.41) is 7.25. The van der Waals surface area contributed by atoms with Crippen molar-refractivity contribution in [1.82, 2.24) is 10.6 Å². The van der Waals surface area contributed by atoms with Crippen molar-refractivity contribution in [3.8, 4) is 5.75 Å². The second-order valence-electron chi connectivity index (χ2n) is 7.87. The van der Waals surface area contributed by atoms with Crippen molar-refractivity contribution in [2.75, 3.05) is 27.3 Å². The van der Waals surface area contributed by atoms with E-state index in [1.165, 1.54) is 37.7 Å². The maximum atomic E-state index is 6.09. The number of para-hydroxylation sites is 1. The molecule has 2 saturated carbocycles. The number of benzene rings is 1. The number of halogens is 1. The molecule has 1 aliphatic heterocycles. The van der Waals surface area contributed by atoms with Gasteiger partial charge in [-0.3, -0.25) is 4.99 Å². The Morgan fingerprint density at radius 3 is 2.81 bits per heavy atom. The summed E-state index contributed by atoms with van der Waals surface area (Å²) in [5.41, 5.74) is 1.57. The molecule has 1 spiro atoms. The van der Waals surface area contributed by atoms with Gasteiger partial charge in [0.1, 0.15) is 5.75 Å². The van der Waals surface area contributed by atoms with Gasteiger partial charge in [0.15, 0.2) is 5.96 Å². The molecule has 150 valence electrons. The molecule has 0 amide bonds. The van der Waals surface area contributed by atoms with E-state index in [-0.39, 0.29) is 24.0 Å². The second kappa shape index (κ2) is 8.99. The van der Waals surface area contributed by atoms with E-state index >= 15 is 0 Å². The third kappa shape index (κ3) is 3.79. The van der Waals surface area contributed by atoms with E-state index in [0.717, 1.165) is 31.3 Å². The van der Waals surface area contributed by atoms with Crippen LogP contribution in [0.15, 0.2) is 29.3 Å². The summed E-state index contributed by atoms with van der Waals surface area (Å²) in [5.74, 6) is 2.52. The molecule has 0 radical (unpaired) electrons. The highest BCUT2D eigenvalue weighted by atomic mass is 127. The first-order valence-electron chi connectivity index (χ1n) is 9.99. The van der Waals surface area contributed by atoms with Crippen molar-refractivity contribution >= 4 is 29.9 Å².